The molecule has 2 aliphatic heterocycles. The Bertz CT molecular complexity index is 1280. The van der Waals surface area contributed by atoms with Crippen LogP contribution in [-0.2, 0) is 6.42 Å². The van der Waals surface area contributed by atoms with Crippen molar-refractivity contribution in [2.45, 2.75) is 50.2 Å². The number of aliphatic hydroxyl groups is 1. The van der Waals surface area contributed by atoms with Crippen LogP contribution in [0.3, 0.4) is 0 Å². The number of alkyl halides is 3. The van der Waals surface area contributed by atoms with Crippen molar-refractivity contribution in [1.29, 1.82) is 0 Å². The van der Waals surface area contributed by atoms with Crippen molar-refractivity contribution in [3.05, 3.63) is 64.9 Å². The maximum absolute atomic E-state index is 15.8. The molecule has 1 unspecified atom stereocenters. The molecular formula is C28H33F5N4O. The van der Waals surface area contributed by atoms with Crippen LogP contribution in [0.5, 0.6) is 0 Å². The lowest BCUT2D eigenvalue weighted by Crippen LogP contribution is -2.56. The molecule has 5 rings (SSSR count). The number of H-pyrrole nitrogens is 1. The molecule has 38 heavy (non-hydrogen) atoms. The fourth-order valence-corrected chi connectivity index (χ4v) is 5.88. The number of hydrogen-bond donors (Lipinski definition) is 3. The van der Waals surface area contributed by atoms with Gasteiger partial charge in [-0.1, -0.05) is 18.2 Å². The van der Waals surface area contributed by atoms with Crippen molar-refractivity contribution in [3.8, 4) is 0 Å². The summed E-state index contributed by atoms with van der Waals surface area (Å²) in [6.07, 6.45) is 0.831. The molecule has 0 spiro atoms. The van der Waals surface area contributed by atoms with E-state index in [1.54, 1.807) is 13.8 Å². The zero-order valence-corrected chi connectivity index (χ0v) is 21.5. The van der Waals surface area contributed by atoms with Crippen LogP contribution in [-0.4, -0.2) is 76.9 Å². The SMILES string of the molecule is CC1(C)Cc2c([nH]c3ccccc23)C(c2c(F)cc(NC3CN(CCCF)C3)cc2F)N1CC(F)(F)CO. The van der Waals surface area contributed by atoms with Crippen molar-refractivity contribution in [2.75, 3.05) is 44.8 Å². The Morgan fingerprint density at radius 3 is 2.47 bits per heavy atom. The summed E-state index contributed by atoms with van der Waals surface area (Å²) >= 11 is 0. The Balaban J connectivity index is 1.53. The molecule has 0 radical (unpaired) electrons. The van der Waals surface area contributed by atoms with Gasteiger partial charge in [-0.3, -0.25) is 14.2 Å². The van der Waals surface area contributed by atoms with Gasteiger partial charge < -0.3 is 15.4 Å². The zero-order chi connectivity index (χ0) is 27.2. The number of rotatable bonds is 9. The minimum Gasteiger partial charge on any atom is -0.390 e. The van der Waals surface area contributed by atoms with E-state index in [0.717, 1.165) is 16.5 Å². The summed E-state index contributed by atoms with van der Waals surface area (Å²) in [6.45, 7) is 2.84. The van der Waals surface area contributed by atoms with Gasteiger partial charge in [0, 0.05) is 53.0 Å². The van der Waals surface area contributed by atoms with Gasteiger partial charge in [0.2, 0.25) is 0 Å². The van der Waals surface area contributed by atoms with Gasteiger partial charge in [0.25, 0.3) is 5.92 Å². The molecule has 1 fully saturated rings. The highest BCUT2D eigenvalue weighted by Crippen LogP contribution is 2.47. The van der Waals surface area contributed by atoms with Gasteiger partial charge in [-0.15, -0.1) is 0 Å². The third-order valence-corrected chi connectivity index (χ3v) is 7.74. The molecule has 10 heteroatoms. The Morgan fingerprint density at radius 1 is 1.13 bits per heavy atom. The lowest BCUT2D eigenvalue weighted by Gasteiger charge is -2.48. The normalized spacial score (nSPS) is 20.5. The van der Waals surface area contributed by atoms with Crippen LogP contribution in [0.4, 0.5) is 27.6 Å². The van der Waals surface area contributed by atoms with Gasteiger partial charge >= 0.3 is 0 Å². The highest BCUT2D eigenvalue weighted by atomic mass is 19.3. The Labute approximate surface area is 218 Å². The minimum atomic E-state index is -3.47. The first-order valence-corrected chi connectivity index (χ1v) is 12.9. The Hall–Kier alpha value is -2.69. The van der Waals surface area contributed by atoms with E-state index in [9.17, 15) is 18.3 Å². The van der Waals surface area contributed by atoms with E-state index in [1.165, 1.54) is 17.0 Å². The fourth-order valence-electron chi connectivity index (χ4n) is 5.88. The number of likely N-dealkylation sites (tertiary alicyclic amines) is 1. The summed E-state index contributed by atoms with van der Waals surface area (Å²) in [5.41, 5.74) is 1.12. The van der Waals surface area contributed by atoms with Gasteiger partial charge in [-0.2, -0.15) is 0 Å². The molecular weight excluding hydrogens is 503 g/mol. The molecule has 1 saturated heterocycles. The highest BCUT2D eigenvalue weighted by Gasteiger charge is 2.48. The summed E-state index contributed by atoms with van der Waals surface area (Å²) in [6, 6.07) is 8.68. The molecule has 2 aliphatic rings. The van der Waals surface area contributed by atoms with E-state index in [2.05, 4.69) is 15.2 Å². The number of hydrogen-bond acceptors (Lipinski definition) is 4. The molecule has 2 aromatic carbocycles. The second kappa shape index (κ2) is 10.1. The third kappa shape index (κ3) is 5.01. The average molecular weight is 537 g/mol. The van der Waals surface area contributed by atoms with E-state index in [4.69, 9.17) is 0 Å². The third-order valence-electron chi connectivity index (χ3n) is 7.74. The number of aromatic amines is 1. The maximum Gasteiger partial charge on any atom is 0.283 e. The van der Waals surface area contributed by atoms with Crippen molar-refractivity contribution < 1.29 is 27.1 Å². The average Bonchev–Trinajstić information content (AvgIpc) is 3.19. The predicted molar refractivity (Wildman–Crippen MR) is 137 cm³/mol. The molecule has 3 aromatic rings. The van der Waals surface area contributed by atoms with Crippen LogP contribution >= 0.6 is 0 Å². The van der Waals surface area contributed by atoms with Crippen molar-refractivity contribution in [1.82, 2.24) is 14.8 Å². The molecule has 1 atom stereocenters. The minimum absolute atomic E-state index is 0.0204. The summed E-state index contributed by atoms with van der Waals surface area (Å²) in [5.74, 6) is -5.15. The number of nitrogens with one attached hydrogen (secondary N) is 2. The fraction of sp³-hybridized carbons (Fsp3) is 0.500. The summed E-state index contributed by atoms with van der Waals surface area (Å²) in [5, 5.41) is 13.3. The van der Waals surface area contributed by atoms with Gasteiger partial charge in [-0.05, 0) is 50.5 Å². The van der Waals surface area contributed by atoms with Gasteiger partial charge in [0.15, 0.2) is 0 Å². The Morgan fingerprint density at radius 2 is 1.82 bits per heavy atom. The van der Waals surface area contributed by atoms with Crippen molar-refractivity contribution in [2.24, 2.45) is 0 Å². The molecule has 0 aliphatic carbocycles. The van der Waals surface area contributed by atoms with E-state index in [0.29, 0.717) is 38.2 Å². The maximum atomic E-state index is 15.8. The molecule has 1 aromatic heterocycles. The topological polar surface area (TPSA) is 54.5 Å². The van der Waals surface area contributed by atoms with E-state index in [1.807, 2.05) is 24.3 Å². The number of aliphatic hydroxyl groups excluding tert-OH is 1. The number of para-hydroxylation sites is 1. The van der Waals surface area contributed by atoms with Crippen LogP contribution in [0, 0.1) is 11.6 Å². The summed E-state index contributed by atoms with van der Waals surface area (Å²) in [7, 11) is 0. The van der Waals surface area contributed by atoms with Gasteiger partial charge in [-0.25, -0.2) is 17.6 Å². The van der Waals surface area contributed by atoms with Gasteiger partial charge in [0.05, 0.1) is 25.3 Å². The van der Waals surface area contributed by atoms with Crippen molar-refractivity contribution in [3.63, 3.8) is 0 Å². The van der Waals surface area contributed by atoms with Crippen LogP contribution in [0.15, 0.2) is 36.4 Å². The molecule has 0 saturated carbocycles. The lowest BCUT2D eigenvalue weighted by molar-refractivity contribution is -0.100. The number of aromatic nitrogens is 1. The largest absolute Gasteiger partial charge is 0.390 e. The number of nitrogens with zero attached hydrogens (tertiary/aromatic N) is 2. The van der Waals surface area contributed by atoms with Crippen LogP contribution < -0.4 is 5.32 Å². The summed E-state index contributed by atoms with van der Waals surface area (Å²) in [4.78, 5) is 6.69. The summed E-state index contributed by atoms with van der Waals surface area (Å²) < 4.78 is 73.2. The van der Waals surface area contributed by atoms with Crippen LogP contribution in [0.2, 0.25) is 0 Å². The van der Waals surface area contributed by atoms with E-state index >= 15 is 8.78 Å². The first-order valence-electron chi connectivity index (χ1n) is 12.9. The van der Waals surface area contributed by atoms with E-state index in [-0.39, 0.29) is 24.0 Å². The number of benzene rings is 2. The molecule has 5 nitrogen and oxygen atoms in total. The predicted octanol–water partition coefficient (Wildman–Crippen LogP) is 5.26. The second-order valence-electron chi connectivity index (χ2n) is 11.1. The lowest BCUT2D eigenvalue weighted by atomic mass is 9.81. The monoisotopic (exact) mass is 536 g/mol. The standard InChI is InChI=1S/C28H33F5N4O/c1-27(2)12-20-19-6-3-4-7-23(19)35-25(20)26(37(27)15-28(32,33)16-38)24-21(30)10-17(11-22(24)31)34-18-13-36(14-18)9-5-8-29/h3-4,6-7,10-11,18,26,34-35,38H,5,8-9,12-16H2,1-2H3. The Kier molecular flexibility index (Phi) is 7.17. The molecule has 0 bridgehead atoms. The quantitative estimate of drug-likeness (QED) is 0.327. The van der Waals surface area contributed by atoms with Crippen LogP contribution in [0.25, 0.3) is 10.9 Å². The van der Waals surface area contributed by atoms with Crippen molar-refractivity contribution >= 4 is 16.6 Å². The first-order chi connectivity index (χ1) is 18.0. The molecule has 0 amide bonds. The number of halogens is 5. The smallest absolute Gasteiger partial charge is 0.283 e. The first kappa shape index (κ1) is 26.9. The molecule has 3 heterocycles. The number of anilines is 1. The zero-order valence-electron chi connectivity index (χ0n) is 21.5. The number of fused-ring (bicyclic) bond motifs is 3. The molecule has 206 valence electrons. The van der Waals surface area contributed by atoms with Gasteiger partial charge in [0.1, 0.15) is 18.2 Å². The van der Waals surface area contributed by atoms with Crippen LogP contribution in [0.1, 0.15) is 43.1 Å². The van der Waals surface area contributed by atoms with E-state index < -0.39 is 42.3 Å². The molecule has 3 N–H and O–H groups in total. The highest BCUT2D eigenvalue weighted by molar-refractivity contribution is 5.85. The second-order valence-corrected chi connectivity index (χ2v) is 11.1.